The van der Waals surface area contributed by atoms with Crippen molar-refractivity contribution in [3.05, 3.63) is 76.4 Å². The van der Waals surface area contributed by atoms with E-state index in [1.807, 2.05) is 0 Å². The highest BCUT2D eigenvalue weighted by atomic mass is 19.4. The van der Waals surface area contributed by atoms with E-state index in [9.17, 15) is 18.0 Å². The lowest BCUT2D eigenvalue weighted by atomic mass is 10.1. The van der Waals surface area contributed by atoms with Crippen molar-refractivity contribution in [1.29, 1.82) is 0 Å². The summed E-state index contributed by atoms with van der Waals surface area (Å²) in [5, 5.41) is 0.640. The molecule has 0 amide bonds. The highest BCUT2D eigenvalue weighted by Gasteiger charge is 2.35. The molecular formula is C30H28F3N7O3. The molecule has 10 nitrogen and oxygen atoms in total. The smallest absolute Gasteiger partial charge is 0.434 e. The Kier molecular flexibility index (Phi) is 7.10. The summed E-state index contributed by atoms with van der Waals surface area (Å²) >= 11 is 0. The molecular weight excluding hydrogens is 563 g/mol. The van der Waals surface area contributed by atoms with Crippen LogP contribution in [0, 0.1) is 0 Å². The second-order valence-corrected chi connectivity index (χ2v) is 10.6. The lowest BCUT2D eigenvalue weighted by molar-refractivity contribution is -0.140. The molecule has 0 spiro atoms. The fraction of sp³-hybridized carbons (Fsp3) is 0.333. The van der Waals surface area contributed by atoms with Gasteiger partial charge in [-0.3, -0.25) is 9.36 Å². The van der Waals surface area contributed by atoms with Gasteiger partial charge in [-0.15, -0.1) is 0 Å². The second-order valence-electron chi connectivity index (χ2n) is 10.6. The monoisotopic (exact) mass is 591 g/mol. The first-order valence-electron chi connectivity index (χ1n) is 13.7. The van der Waals surface area contributed by atoms with Crippen molar-refractivity contribution in [2.24, 2.45) is 0 Å². The van der Waals surface area contributed by atoms with Crippen LogP contribution < -0.4 is 15.0 Å². The van der Waals surface area contributed by atoms with Crippen LogP contribution in [0.15, 0.2) is 53.8 Å². The molecule has 1 aliphatic rings. The van der Waals surface area contributed by atoms with Crippen molar-refractivity contribution in [2.45, 2.75) is 51.4 Å². The van der Waals surface area contributed by atoms with Gasteiger partial charge in [0.2, 0.25) is 5.88 Å². The molecule has 4 aromatic heterocycles. The van der Waals surface area contributed by atoms with Gasteiger partial charge in [0, 0.05) is 46.9 Å². The van der Waals surface area contributed by atoms with Crippen LogP contribution in [0.1, 0.15) is 55.6 Å². The predicted molar refractivity (Wildman–Crippen MR) is 152 cm³/mol. The maximum atomic E-state index is 13.5. The van der Waals surface area contributed by atoms with Gasteiger partial charge < -0.3 is 14.0 Å². The molecule has 1 aliphatic carbocycles. The molecule has 6 rings (SSSR count). The third kappa shape index (κ3) is 5.30. The number of aromatic nitrogens is 7. The van der Waals surface area contributed by atoms with E-state index in [0.29, 0.717) is 45.2 Å². The Bertz CT molecular complexity index is 1900. The molecule has 222 valence electrons. The highest BCUT2D eigenvalue weighted by molar-refractivity contribution is 5.78. The summed E-state index contributed by atoms with van der Waals surface area (Å²) in [6.07, 6.45) is 1.52. The molecule has 0 saturated heterocycles. The first-order chi connectivity index (χ1) is 20.6. The minimum absolute atomic E-state index is 0.0837. The summed E-state index contributed by atoms with van der Waals surface area (Å²) < 4.78 is 54.5. The minimum atomic E-state index is -4.58. The van der Waals surface area contributed by atoms with Crippen LogP contribution in [0.3, 0.4) is 0 Å². The quantitative estimate of drug-likeness (QED) is 0.228. The minimum Gasteiger partial charge on any atom is -0.496 e. The van der Waals surface area contributed by atoms with Crippen LogP contribution in [0.2, 0.25) is 0 Å². The zero-order chi connectivity index (χ0) is 30.5. The molecule has 13 heteroatoms. The standard InChI is InChI=1S/C30H28F3N7O3/c1-16(2)39-14-22(30(31,32)33)37-27(39)18-7-8-20(21(11-18)42-3)13-40-23(41)10-9-19-12-34-26(38-28(19)40)24-25(17-5-6-17)35-15-36-29(24)43-4/h7-12,14-17H,5-6,13H2,1-4H3. The Morgan fingerprint density at radius 2 is 1.81 bits per heavy atom. The van der Waals surface area contributed by atoms with Gasteiger partial charge >= 0.3 is 6.18 Å². The fourth-order valence-corrected chi connectivity index (χ4v) is 5.08. The molecule has 1 fully saturated rings. The number of fused-ring (bicyclic) bond motifs is 1. The Balaban J connectivity index is 1.43. The lowest BCUT2D eigenvalue weighted by Gasteiger charge is -2.16. The largest absolute Gasteiger partial charge is 0.496 e. The average molecular weight is 592 g/mol. The van der Waals surface area contributed by atoms with Gasteiger partial charge in [0.15, 0.2) is 11.5 Å². The Morgan fingerprint density at radius 3 is 2.49 bits per heavy atom. The summed E-state index contributed by atoms with van der Waals surface area (Å²) in [6, 6.07) is 7.84. The topological polar surface area (TPSA) is 110 Å². The van der Waals surface area contributed by atoms with Crippen LogP contribution in [0.25, 0.3) is 33.8 Å². The number of halogens is 3. The van der Waals surface area contributed by atoms with Crippen LogP contribution in [0.5, 0.6) is 11.6 Å². The zero-order valence-corrected chi connectivity index (χ0v) is 23.9. The summed E-state index contributed by atoms with van der Waals surface area (Å²) in [7, 11) is 2.98. The van der Waals surface area contributed by atoms with Crippen LogP contribution in [-0.4, -0.2) is 48.3 Å². The maximum Gasteiger partial charge on any atom is 0.434 e. The van der Waals surface area contributed by atoms with Crippen molar-refractivity contribution in [2.75, 3.05) is 14.2 Å². The third-order valence-corrected chi connectivity index (χ3v) is 7.40. The van der Waals surface area contributed by atoms with Crippen molar-refractivity contribution in [3.63, 3.8) is 0 Å². The van der Waals surface area contributed by atoms with Crippen molar-refractivity contribution < 1.29 is 22.6 Å². The van der Waals surface area contributed by atoms with Crippen LogP contribution in [-0.2, 0) is 12.7 Å². The Hall–Kier alpha value is -4.81. The van der Waals surface area contributed by atoms with E-state index >= 15 is 0 Å². The number of alkyl halides is 3. The molecule has 0 atom stereocenters. The predicted octanol–water partition coefficient (Wildman–Crippen LogP) is 5.65. The SMILES string of the molecule is COc1cc(-c2nc(C(F)(F)F)cn2C(C)C)ccc1Cn1c(=O)ccc2cnc(-c3c(OC)ncnc3C3CC3)nc21. The Labute approximate surface area is 244 Å². The van der Waals surface area contributed by atoms with Gasteiger partial charge in [0.1, 0.15) is 29.1 Å². The molecule has 0 aliphatic heterocycles. The molecule has 0 unspecified atom stereocenters. The summed E-state index contributed by atoms with van der Waals surface area (Å²) in [5.74, 6) is 1.51. The van der Waals surface area contributed by atoms with E-state index < -0.39 is 11.9 Å². The first-order valence-corrected chi connectivity index (χ1v) is 13.7. The van der Waals surface area contributed by atoms with Crippen LogP contribution in [0.4, 0.5) is 13.2 Å². The number of ether oxygens (including phenoxy) is 2. The van der Waals surface area contributed by atoms with E-state index in [4.69, 9.17) is 14.5 Å². The number of imidazole rings is 1. The molecule has 0 bridgehead atoms. The first kappa shape index (κ1) is 28.3. The molecule has 0 N–H and O–H groups in total. The molecule has 1 saturated carbocycles. The summed E-state index contributed by atoms with van der Waals surface area (Å²) in [4.78, 5) is 35.1. The second kappa shape index (κ2) is 10.8. The zero-order valence-electron chi connectivity index (χ0n) is 23.9. The molecule has 1 aromatic carbocycles. The normalized spacial score (nSPS) is 13.6. The van der Waals surface area contributed by atoms with E-state index in [2.05, 4.69) is 19.9 Å². The number of hydrogen-bond acceptors (Lipinski definition) is 8. The number of nitrogens with zero attached hydrogens (tertiary/aromatic N) is 7. The highest BCUT2D eigenvalue weighted by Crippen LogP contribution is 2.45. The van der Waals surface area contributed by atoms with E-state index in [-0.39, 0.29) is 29.9 Å². The number of methoxy groups -OCH3 is 2. The summed E-state index contributed by atoms with van der Waals surface area (Å²) in [6.45, 7) is 3.65. The fourth-order valence-electron chi connectivity index (χ4n) is 5.08. The molecule has 5 aromatic rings. The Morgan fingerprint density at radius 1 is 1.02 bits per heavy atom. The average Bonchev–Trinajstić information content (AvgIpc) is 3.73. The van der Waals surface area contributed by atoms with Crippen molar-refractivity contribution in [3.8, 4) is 34.4 Å². The van der Waals surface area contributed by atoms with Crippen molar-refractivity contribution in [1.82, 2.24) is 34.1 Å². The van der Waals surface area contributed by atoms with E-state index in [1.54, 1.807) is 44.3 Å². The number of hydrogen-bond donors (Lipinski definition) is 0. The molecule has 43 heavy (non-hydrogen) atoms. The molecule has 0 radical (unpaired) electrons. The van der Waals surface area contributed by atoms with Gasteiger partial charge in [-0.2, -0.15) is 13.2 Å². The molecule has 4 heterocycles. The van der Waals surface area contributed by atoms with Gasteiger partial charge in [-0.25, -0.2) is 24.9 Å². The third-order valence-electron chi connectivity index (χ3n) is 7.40. The van der Waals surface area contributed by atoms with E-state index in [1.165, 1.54) is 35.7 Å². The number of benzene rings is 1. The van der Waals surface area contributed by atoms with Gasteiger partial charge in [0.25, 0.3) is 5.56 Å². The van der Waals surface area contributed by atoms with Gasteiger partial charge in [0.05, 0.1) is 26.5 Å². The maximum absolute atomic E-state index is 13.5. The number of pyridine rings is 1. The number of rotatable bonds is 8. The lowest BCUT2D eigenvalue weighted by Crippen LogP contribution is -2.21. The van der Waals surface area contributed by atoms with Gasteiger partial charge in [-0.05, 0) is 38.8 Å². The van der Waals surface area contributed by atoms with Gasteiger partial charge in [-0.1, -0.05) is 12.1 Å². The van der Waals surface area contributed by atoms with Crippen molar-refractivity contribution >= 4 is 11.0 Å². The summed E-state index contributed by atoms with van der Waals surface area (Å²) in [5.41, 5.74) is 1.60. The van der Waals surface area contributed by atoms with Crippen LogP contribution >= 0.6 is 0 Å². The van der Waals surface area contributed by atoms with E-state index in [0.717, 1.165) is 24.7 Å².